The van der Waals surface area contributed by atoms with Gasteiger partial charge in [-0.1, -0.05) is 50.3 Å². The van der Waals surface area contributed by atoms with E-state index in [0.717, 1.165) is 50.4 Å². The molecule has 0 amide bonds. The van der Waals surface area contributed by atoms with Gasteiger partial charge in [0.05, 0.1) is 27.6 Å². The van der Waals surface area contributed by atoms with Gasteiger partial charge in [0.2, 0.25) is 5.69 Å². The van der Waals surface area contributed by atoms with Crippen molar-refractivity contribution in [1.29, 1.82) is 0 Å². The molecule has 0 aromatic heterocycles. The third-order valence-electron chi connectivity index (χ3n) is 14.6. The first-order valence-corrected chi connectivity index (χ1v) is 31.7. The number of nitrogens with zero attached hydrogens (tertiary/aromatic N) is 3. The molecule has 418 valence electrons. The summed E-state index contributed by atoms with van der Waals surface area (Å²) in [5.74, 6) is -2.89. The van der Waals surface area contributed by atoms with Gasteiger partial charge in [0.25, 0.3) is 30.4 Å². The quantitative estimate of drug-likeness (QED) is 0.0254. The number of carboxylic acids is 1. The van der Waals surface area contributed by atoms with Crippen LogP contribution in [0.1, 0.15) is 110 Å². The normalized spacial score (nSPS) is 17.6. The van der Waals surface area contributed by atoms with Gasteiger partial charge in [0.15, 0.2) is 5.71 Å². The zero-order chi connectivity index (χ0) is 56.3. The molecule has 0 radical (unpaired) electrons. The molecular formula is C55H67FN3NaO14S4. The number of benzene rings is 4. The summed E-state index contributed by atoms with van der Waals surface area (Å²) in [6.07, 6.45) is 11.7. The molecule has 0 unspecified atom stereocenters. The Morgan fingerprint density at radius 2 is 1.42 bits per heavy atom. The average molecular weight is 1160 g/mol. The molecule has 4 aromatic rings. The summed E-state index contributed by atoms with van der Waals surface area (Å²) in [7, 11) is -17.7. The standard InChI is InChI=1S/C55H66FN3O14S4.Na.H/c1-54(2)45-37-41(57(29-11-33-74(62,63)64)30-12-34-75(65,66)67)22-26-47(45)58(32-13-35-76(68,69)70)49(54)27-20-38-14-10-15-39(52(38)44-16-7-8-17-46(44)56)21-28-50-55(3,4)53-43-24-23-42(77(71,72)73)36-40(43)19-25-48(53)59(50)31-9-5-6-18-51(60)61;;/h7-8,16-17,19-28,36-37H,5-6,9-15,18,29-35H2,1-4H3,(H4-,60,61,62,63,64,65,66,67,68,69,70,71,72,73);;/q;+1;-1. The van der Waals surface area contributed by atoms with Crippen molar-refractivity contribution in [3.63, 3.8) is 0 Å². The fourth-order valence-electron chi connectivity index (χ4n) is 11.1. The van der Waals surface area contributed by atoms with Gasteiger partial charge in [0, 0.05) is 78.2 Å². The van der Waals surface area contributed by atoms with Crippen molar-refractivity contribution >= 4 is 85.6 Å². The van der Waals surface area contributed by atoms with E-state index in [4.69, 9.17) is 0 Å². The van der Waals surface area contributed by atoms with Crippen molar-refractivity contribution in [3.8, 4) is 0 Å². The van der Waals surface area contributed by atoms with Crippen LogP contribution in [0, 0.1) is 5.82 Å². The molecular weight excluding hydrogens is 1100 g/mol. The smallest absolute Gasteiger partial charge is 1.00 e. The Kier molecular flexibility index (Phi) is 20.1. The first-order chi connectivity index (χ1) is 36.0. The summed E-state index contributed by atoms with van der Waals surface area (Å²) in [6, 6.07) is 20.1. The van der Waals surface area contributed by atoms with Crippen LogP contribution < -0.4 is 39.4 Å². The first kappa shape index (κ1) is 62.6. The van der Waals surface area contributed by atoms with Crippen molar-refractivity contribution < 1.29 is 102 Å². The van der Waals surface area contributed by atoms with Gasteiger partial charge in [-0.3, -0.25) is 18.5 Å². The fourth-order valence-corrected chi connectivity index (χ4v) is 13.1. The summed E-state index contributed by atoms with van der Waals surface area (Å²) in [5, 5.41) is 10.7. The number of allylic oxidation sites excluding steroid dienone is 8. The minimum absolute atomic E-state index is 0. The number of fused-ring (bicyclic) bond motifs is 4. The van der Waals surface area contributed by atoms with Crippen molar-refractivity contribution in [2.45, 2.75) is 108 Å². The van der Waals surface area contributed by atoms with Gasteiger partial charge in [-0.25, -0.2) is 12.8 Å². The molecule has 4 N–H and O–H groups in total. The number of carbonyl (C=O) groups is 1. The van der Waals surface area contributed by atoms with E-state index in [1.807, 2.05) is 61.3 Å². The number of hydrogen-bond donors (Lipinski definition) is 4. The number of aliphatic carboxylic acids is 1. The Labute approximate surface area is 481 Å². The molecule has 0 spiro atoms. The van der Waals surface area contributed by atoms with Crippen molar-refractivity contribution in [2.75, 3.05) is 53.2 Å². The molecule has 0 atom stereocenters. The van der Waals surface area contributed by atoms with Gasteiger partial charge < -0.3 is 20.9 Å². The molecule has 2 heterocycles. The van der Waals surface area contributed by atoms with Gasteiger partial charge in [-0.2, -0.15) is 29.8 Å². The molecule has 7 rings (SSSR count). The van der Waals surface area contributed by atoms with E-state index in [9.17, 15) is 61.8 Å². The predicted molar refractivity (Wildman–Crippen MR) is 297 cm³/mol. The Hall–Kier alpha value is -4.59. The second-order valence-electron chi connectivity index (χ2n) is 20.9. The molecule has 23 heteroatoms. The van der Waals surface area contributed by atoms with Gasteiger partial charge in [0.1, 0.15) is 22.5 Å². The molecule has 0 fully saturated rings. The van der Waals surface area contributed by atoms with Crippen LogP contribution in [0.25, 0.3) is 16.3 Å². The second kappa shape index (κ2) is 25.0. The second-order valence-corrected chi connectivity index (χ2v) is 27.0. The molecule has 2 aliphatic heterocycles. The van der Waals surface area contributed by atoms with Crippen molar-refractivity contribution in [2.24, 2.45) is 0 Å². The van der Waals surface area contributed by atoms with E-state index < -0.39 is 80.3 Å². The minimum Gasteiger partial charge on any atom is -1.00 e. The molecule has 1 aliphatic carbocycles. The van der Waals surface area contributed by atoms with E-state index >= 15 is 4.39 Å². The van der Waals surface area contributed by atoms with Crippen LogP contribution in [-0.2, 0) is 56.1 Å². The number of hydrogen-bond acceptors (Lipinski definition) is 12. The summed E-state index contributed by atoms with van der Waals surface area (Å²) < 4.78 is 154. The van der Waals surface area contributed by atoms with E-state index in [0.29, 0.717) is 67.3 Å². The SMILES string of the molecule is CC1(C)C(=CC=C2CCCC(C=CC3=[N+](CCCCCC(=O)O)c4ccc5cc(S(=O)(=O)[O-])ccc5c4C3(C)C)=C2c2ccccc2F)N(CCCS(=O)(=O)O)c2ccc(N(CCCS(=O)(=O)O)CCCS(=O)(=O)O)cc21.[H-].[Na+]. The molecule has 4 aromatic carbocycles. The predicted octanol–water partition coefficient (Wildman–Crippen LogP) is 6.46. The van der Waals surface area contributed by atoms with Crippen LogP contribution in [-0.4, -0.2) is 117 Å². The van der Waals surface area contributed by atoms with E-state index in [-0.39, 0.29) is 81.2 Å². The topological polar surface area (TPSA) is 267 Å². The largest absolute Gasteiger partial charge is 1.00 e. The molecule has 0 saturated heterocycles. The maximum absolute atomic E-state index is 16.3. The van der Waals surface area contributed by atoms with Crippen LogP contribution in [0.4, 0.5) is 21.5 Å². The Morgan fingerprint density at radius 3 is 2.05 bits per heavy atom. The maximum Gasteiger partial charge on any atom is 1.00 e. The zero-order valence-corrected chi connectivity index (χ0v) is 49.7. The Balaban J connectivity index is 0.00000574. The molecule has 78 heavy (non-hydrogen) atoms. The van der Waals surface area contributed by atoms with Crippen LogP contribution in [0.3, 0.4) is 0 Å². The fraction of sp³-hybridized carbons (Fsp3) is 0.418. The van der Waals surface area contributed by atoms with Gasteiger partial charge in [-0.05, 0) is 147 Å². The number of rotatable bonds is 24. The number of carboxylic acid groups (broad SMARTS) is 1. The summed E-state index contributed by atoms with van der Waals surface area (Å²) in [5.41, 5.74) is 6.86. The molecule has 3 aliphatic rings. The van der Waals surface area contributed by atoms with Crippen LogP contribution in [0.15, 0.2) is 119 Å². The Morgan fingerprint density at radius 1 is 0.769 bits per heavy atom. The number of halogens is 1. The van der Waals surface area contributed by atoms with Crippen LogP contribution in [0.5, 0.6) is 0 Å². The van der Waals surface area contributed by atoms with Crippen LogP contribution >= 0.6 is 0 Å². The Bertz CT molecular complexity index is 3560. The summed E-state index contributed by atoms with van der Waals surface area (Å²) in [4.78, 5) is 14.8. The molecule has 0 bridgehead atoms. The van der Waals surface area contributed by atoms with Gasteiger partial charge >= 0.3 is 35.5 Å². The van der Waals surface area contributed by atoms with E-state index in [1.54, 1.807) is 41.3 Å². The molecule has 0 saturated carbocycles. The van der Waals surface area contributed by atoms with Crippen LogP contribution in [0.2, 0.25) is 0 Å². The van der Waals surface area contributed by atoms with Crippen molar-refractivity contribution in [3.05, 3.63) is 136 Å². The molecule has 17 nitrogen and oxygen atoms in total. The third kappa shape index (κ3) is 15.2. The zero-order valence-electron chi connectivity index (χ0n) is 45.5. The van der Waals surface area contributed by atoms with E-state index in [2.05, 4.69) is 18.4 Å². The van der Waals surface area contributed by atoms with E-state index in [1.165, 1.54) is 18.2 Å². The minimum atomic E-state index is -4.73. The summed E-state index contributed by atoms with van der Waals surface area (Å²) >= 11 is 0. The third-order valence-corrected chi connectivity index (χ3v) is 17.9. The summed E-state index contributed by atoms with van der Waals surface area (Å²) in [6.45, 7) is 9.03. The monoisotopic (exact) mass is 1160 g/mol. The number of anilines is 2. The van der Waals surface area contributed by atoms with Gasteiger partial charge in [-0.15, -0.1) is 0 Å². The first-order valence-electron chi connectivity index (χ1n) is 25.5. The number of unbranched alkanes of at least 4 members (excludes halogenated alkanes) is 2. The van der Waals surface area contributed by atoms with Crippen molar-refractivity contribution in [1.82, 2.24) is 0 Å². The maximum atomic E-state index is 16.3. The average Bonchev–Trinajstić information content (AvgIpc) is 3.98.